The van der Waals surface area contributed by atoms with Crippen molar-refractivity contribution in [1.82, 2.24) is 0 Å². The molecule has 2 aromatic rings. The van der Waals surface area contributed by atoms with Crippen LogP contribution in [0.25, 0.3) is 0 Å². The fourth-order valence-corrected chi connectivity index (χ4v) is 2.33. The second kappa shape index (κ2) is 7.71. The van der Waals surface area contributed by atoms with Gasteiger partial charge in [-0.05, 0) is 29.7 Å². The first-order valence-electron chi connectivity index (χ1n) is 7.23. The first-order valence-corrected chi connectivity index (χ1v) is 7.23. The Labute approximate surface area is 121 Å². The second-order valence-electron chi connectivity index (χ2n) is 5.01. The highest BCUT2D eigenvalue weighted by Crippen LogP contribution is 2.20. The molecule has 0 heterocycles. The van der Waals surface area contributed by atoms with Gasteiger partial charge < -0.3 is 10.1 Å². The van der Waals surface area contributed by atoms with Crippen molar-refractivity contribution in [3.05, 3.63) is 65.7 Å². The number of nitrogens with one attached hydrogen (secondary N) is 1. The molecule has 0 aromatic heterocycles. The molecular weight excluding hydrogens is 246 g/mol. The lowest BCUT2D eigenvalue weighted by Gasteiger charge is -2.20. The van der Waals surface area contributed by atoms with E-state index in [1.54, 1.807) is 7.11 Å². The van der Waals surface area contributed by atoms with Gasteiger partial charge in [-0.1, -0.05) is 55.8 Å². The fraction of sp³-hybridized carbons (Fsp3) is 0.333. The van der Waals surface area contributed by atoms with Gasteiger partial charge in [-0.15, -0.1) is 0 Å². The zero-order valence-electron chi connectivity index (χ0n) is 12.3. The minimum atomic E-state index is 0.179. The van der Waals surface area contributed by atoms with Crippen LogP contribution < -0.4 is 5.32 Å². The molecule has 0 saturated heterocycles. The lowest BCUT2D eigenvalue weighted by molar-refractivity contribution is 0.186. The Morgan fingerprint density at radius 2 is 1.70 bits per heavy atom. The second-order valence-corrected chi connectivity index (χ2v) is 5.01. The third-order valence-corrected chi connectivity index (χ3v) is 3.37. The first-order chi connectivity index (χ1) is 9.83. The lowest BCUT2D eigenvalue weighted by Crippen LogP contribution is -2.16. The largest absolute Gasteiger partial charge is 0.382 e. The summed E-state index contributed by atoms with van der Waals surface area (Å²) in [5, 5.41) is 3.54. The van der Waals surface area contributed by atoms with Gasteiger partial charge in [0.15, 0.2) is 0 Å². The molecular formula is C18H23NO. The van der Waals surface area contributed by atoms with Crippen LogP contribution >= 0.6 is 0 Å². The van der Waals surface area contributed by atoms with Gasteiger partial charge in [-0.25, -0.2) is 0 Å². The Morgan fingerprint density at radius 1 is 1.00 bits per heavy atom. The zero-order valence-corrected chi connectivity index (χ0v) is 12.3. The molecule has 2 rings (SSSR count). The molecule has 20 heavy (non-hydrogen) atoms. The van der Waals surface area contributed by atoms with E-state index in [0.29, 0.717) is 6.61 Å². The molecule has 0 radical (unpaired) electrons. The minimum absolute atomic E-state index is 0.179. The summed E-state index contributed by atoms with van der Waals surface area (Å²) in [6, 6.07) is 19.3. The average molecular weight is 269 g/mol. The van der Waals surface area contributed by atoms with E-state index in [2.05, 4.69) is 60.8 Å². The van der Waals surface area contributed by atoms with E-state index < -0.39 is 0 Å². The van der Waals surface area contributed by atoms with Gasteiger partial charge in [-0.3, -0.25) is 0 Å². The molecule has 0 amide bonds. The number of ether oxygens (including phenoxy) is 1. The van der Waals surface area contributed by atoms with Gasteiger partial charge >= 0.3 is 0 Å². The van der Waals surface area contributed by atoms with Crippen molar-refractivity contribution in [1.29, 1.82) is 0 Å². The number of benzene rings is 2. The highest BCUT2D eigenvalue weighted by molar-refractivity contribution is 5.47. The molecule has 106 valence electrons. The first kappa shape index (κ1) is 14.6. The van der Waals surface area contributed by atoms with Gasteiger partial charge in [0, 0.05) is 12.8 Å². The summed E-state index contributed by atoms with van der Waals surface area (Å²) in [6.45, 7) is 2.86. The summed E-state index contributed by atoms with van der Waals surface area (Å²) in [5.41, 5.74) is 3.77. The third-order valence-electron chi connectivity index (χ3n) is 3.37. The van der Waals surface area contributed by atoms with E-state index in [4.69, 9.17) is 4.74 Å². The molecule has 0 fully saturated rings. The maximum Gasteiger partial charge on any atom is 0.0747 e. The van der Waals surface area contributed by atoms with E-state index in [9.17, 15) is 0 Å². The number of rotatable bonds is 7. The van der Waals surface area contributed by atoms with Crippen LogP contribution in [0.1, 0.15) is 30.5 Å². The topological polar surface area (TPSA) is 21.3 Å². The van der Waals surface area contributed by atoms with Crippen molar-refractivity contribution in [3.8, 4) is 0 Å². The molecule has 0 aliphatic heterocycles. The lowest BCUT2D eigenvalue weighted by atomic mass is 10.1. The maximum atomic E-state index is 5.33. The molecule has 1 N–H and O–H groups in total. The Balaban J connectivity index is 2.08. The molecule has 0 spiro atoms. The molecule has 2 aromatic carbocycles. The number of hydrogen-bond donors (Lipinski definition) is 1. The minimum Gasteiger partial charge on any atom is -0.382 e. The molecule has 1 unspecified atom stereocenters. The fourth-order valence-electron chi connectivity index (χ4n) is 2.33. The number of anilines is 1. The summed E-state index contributed by atoms with van der Waals surface area (Å²) in [7, 11) is 1.74. The van der Waals surface area contributed by atoms with E-state index in [1.165, 1.54) is 17.5 Å². The van der Waals surface area contributed by atoms with Crippen molar-refractivity contribution in [2.24, 2.45) is 0 Å². The van der Waals surface area contributed by atoms with Crippen molar-refractivity contribution in [3.63, 3.8) is 0 Å². The Hall–Kier alpha value is -1.80. The summed E-state index contributed by atoms with van der Waals surface area (Å²) in [5.74, 6) is 0. The quantitative estimate of drug-likeness (QED) is 0.802. The summed E-state index contributed by atoms with van der Waals surface area (Å²) in [4.78, 5) is 0. The normalized spacial score (nSPS) is 12.1. The van der Waals surface area contributed by atoms with Gasteiger partial charge in [0.25, 0.3) is 0 Å². The molecule has 2 nitrogen and oxygen atoms in total. The summed E-state index contributed by atoms with van der Waals surface area (Å²) < 4.78 is 5.33. The van der Waals surface area contributed by atoms with Crippen LogP contribution in [0.3, 0.4) is 0 Å². The molecule has 2 heteroatoms. The third kappa shape index (κ3) is 4.10. The van der Waals surface area contributed by atoms with Crippen molar-refractivity contribution in [2.75, 3.05) is 19.0 Å². The number of hydrogen-bond acceptors (Lipinski definition) is 2. The van der Waals surface area contributed by atoms with Crippen LogP contribution in [-0.2, 0) is 11.2 Å². The highest BCUT2D eigenvalue weighted by Gasteiger charge is 2.10. The number of aryl methyl sites for hydroxylation is 1. The van der Waals surface area contributed by atoms with Crippen molar-refractivity contribution >= 4 is 5.69 Å². The van der Waals surface area contributed by atoms with Crippen molar-refractivity contribution in [2.45, 2.75) is 25.8 Å². The van der Waals surface area contributed by atoms with Crippen LogP contribution in [-0.4, -0.2) is 13.7 Å². The van der Waals surface area contributed by atoms with Crippen molar-refractivity contribution < 1.29 is 4.74 Å². The molecule has 0 saturated carbocycles. The SMILES string of the molecule is CCCc1ccc(NC(COC)c2ccccc2)cc1. The van der Waals surface area contributed by atoms with Crippen LogP contribution in [0, 0.1) is 0 Å². The van der Waals surface area contributed by atoms with Gasteiger partial charge in [0.1, 0.15) is 0 Å². The molecule has 0 aliphatic carbocycles. The summed E-state index contributed by atoms with van der Waals surface area (Å²) >= 11 is 0. The Bertz CT molecular complexity index is 493. The van der Waals surface area contributed by atoms with Crippen LogP contribution in [0.2, 0.25) is 0 Å². The van der Waals surface area contributed by atoms with Gasteiger partial charge in [0.2, 0.25) is 0 Å². The van der Waals surface area contributed by atoms with E-state index >= 15 is 0 Å². The van der Waals surface area contributed by atoms with Crippen LogP contribution in [0.15, 0.2) is 54.6 Å². The smallest absolute Gasteiger partial charge is 0.0747 e. The predicted octanol–water partition coefficient (Wildman–Crippen LogP) is 4.44. The predicted molar refractivity (Wildman–Crippen MR) is 85.1 cm³/mol. The van der Waals surface area contributed by atoms with Crippen LogP contribution in [0.4, 0.5) is 5.69 Å². The van der Waals surface area contributed by atoms with E-state index in [1.807, 2.05) is 6.07 Å². The molecule has 1 atom stereocenters. The van der Waals surface area contributed by atoms with Crippen LogP contribution in [0.5, 0.6) is 0 Å². The monoisotopic (exact) mass is 269 g/mol. The summed E-state index contributed by atoms with van der Waals surface area (Å²) in [6.07, 6.45) is 2.32. The zero-order chi connectivity index (χ0) is 14.2. The molecule has 0 aliphatic rings. The molecule has 0 bridgehead atoms. The number of methoxy groups -OCH3 is 1. The van der Waals surface area contributed by atoms with Gasteiger partial charge in [0.05, 0.1) is 12.6 Å². The standard InChI is InChI=1S/C18H23NO/c1-3-7-15-10-12-17(13-11-15)19-18(14-20-2)16-8-5-4-6-9-16/h4-6,8-13,18-19H,3,7,14H2,1-2H3. The highest BCUT2D eigenvalue weighted by atomic mass is 16.5. The Morgan fingerprint density at radius 3 is 2.30 bits per heavy atom. The van der Waals surface area contributed by atoms with E-state index in [0.717, 1.165) is 12.1 Å². The van der Waals surface area contributed by atoms with E-state index in [-0.39, 0.29) is 6.04 Å². The van der Waals surface area contributed by atoms with Gasteiger partial charge in [-0.2, -0.15) is 0 Å². The Kier molecular flexibility index (Phi) is 5.63. The average Bonchev–Trinajstić information content (AvgIpc) is 2.50. The maximum absolute atomic E-state index is 5.33.